The number of rotatable bonds is 2. The molecule has 0 atom stereocenters. The molecule has 0 saturated heterocycles. The second-order valence-electron chi connectivity index (χ2n) is 6.10. The van der Waals surface area contributed by atoms with Crippen LogP contribution in [0.4, 0.5) is 0 Å². The van der Waals surface area contributed by atoms with Gasteiger partial charge >= 0.3 is 99.2 Å². The van der Waals surface area contributed by atoms with Crippen LogP contribution in [-0.2, 0) is 24.2 Å². The maximum absolute atomic E-state index is 3.12. The van der Waals surface area contributed by atoms with Crippen molar-refractivity contribution in [3.05, 3.63) is 119 Å². The summed E-state index contributed by atoms with van der Waals surface area (Å²) in [6.45, 7) is 4.27. The first-order valence-electron chi connectivity index (χ1n) is 8.82. The van der Waals surface area contributed by atoms with E-state index in [1.54, 1.807) is 0 Å². The summed E-state index contributed by atoms with van der Waals surface area (Å²) in [7, 11) is 0. The average molecular weight is 416 g/mol. The van der Waals surface area contributed by atoms with Crippen LogP contribution in [0.5, 0.6) is 0 Å². The topological polar surface area (TPSA) is 0 Å². The van der Waals surface area contributed by atoms with Gasteiger partial charge in [-0.1, -0.05) is 6.92 Å². The Kier molecular flexibility index (Phi) is 9.22. The first-order valence-corrected chi connectivity index (χ1v) is 10.1. The minimum absolute atomic E-state index is 1.01. The molecule has 0 heterocycles. The van der Waals surface area contributed by atoms with E-state index < -0.39 is 0 Å². The molecule has 4 rings (SSSR count). The standard InChI is InChI=1S/C13H10.C7H9.C5H5.Zr/c1-3-7-12(8-4-1)11-13-9-5-2-6-10-13;1-6-4-3-5-7(6)2;1-2-4-5-3-1;/h1-10H;4H,5H2,1-2H3;1-3H,4H2;/q;2*-1;+2. The normalized spacial score (nSPS) is 13.8. The molecule has 0 fully saturated rings. The number of hydrogen-bond acceptors (Lipinski definition) is 0. The van der Waals surface area contributed by atoms with Crippen LogP contribution in [0.25, 0.3) is 0 Å². The van der Waals surface area contributed by atoms with Crippen molar-refractivity contribution in [3.63, 3.8) is 0 Å². The molecule has 0 nitrogen and oxygen atoms in total. The molecular formula is C25H24Zr. The average Bonchev–Trinajstić information content (AvgIpc) is 3.39. The molecule has 0 radical (unpaired) electrons. The molecule has 128 valence electrons. The van der Waals surface area contributed by atoms with Gasteiger partial charge in [0.15, 0.2) is 0 Å². The van der Waals surface area contributed by atoms with Gasteiger partial charge < -0.3 is 0 Å². The van der Waals surface area contributed by atoms with Gasteiger partial charge in [0.05, 0.1) is 0 Å². The van der Waals surface area contributed by atoms with Crippen molar-refractivity contribution < 1.29 is 24.2 Å². The van der Waals surface area contributed by atoms with E-state index in [4.69, 9.17) is 0 Å². The molecule has 2 aromatic rings. The SMILES string of the molecule is CC1=C(C)C[C-]=C1.[C-]1=CC=CC1.[Zr+2]=[C](c1ccccc1)c1ccccc1. The second-order valence-corrected chi connectivity index (χ2v) is 7.33. The van der Waals surface area contributed by atoms with Crippen LogP contribution in [0, 0.1) is 12.2 Å². The summed E-state index contributed by atoms with van der Waals surface area (Å²) in [5.41, 5.74) is 5.51. The van der Waals surface area contributed by atoms with Crippen LogP contribution in [0.2, 0.25) is 0 Å². The van der Waals surface area contributed by atoms with Crippen LogP contribution >= 0.6 is 0 Å². The Labute approximate surface area is 173 Å². The van der Waals surface area contributed by atoms with Gasteiger partial charge in [-0.3, -0.25) is 12.2 Å². The van der Waals surface area contributed by atoms with Gasteiger partial charge in [0, 0.05) is 0 Å². The number of benzene rings is 2. The molecule has 0 N–H and O–H groups in total. The molecular weight excluding hydrogens is 391 g/mol. The van der Waals surface area contributed by atoms with Crippen LogP contribution in [0.15, 0.2) is 96.1 Å². The fourth-order valence-electron chi connectivity index (χ4n) is 2.34. The predicted octanol–water partition coefficient (Wildman–Crippen LogP) is 6.19. The van der Waals surface area contributed by atoms with E-state index in [9.17, 15) is 0 Å². The summed E-state index contributed by atoms with van der Waals surface area (Å²) in [6, 6.07) is 21.1. The molecule has 0 bridgehead atoms. The van der Waals surface area contributed by atoms with Crippen molar-refractivity contribution in [2.24, 2.45) is 0 Å². The summed E-state index contributed by atoms with van der Waals surface area (Å²) in [6.07, 6.45) is 16.2. The molecule has 1 heteroatoms. The van der Waals surface area contributed by atoms with Crippen LogP contribution in [0.3, 0.4) is 0 Å². The molecule has 0 aromatic heterocycles. The third-order valence-electron chi connectivity index (χ3n) is 4.07. The molecule has 26 heavy (non-hydrogen) atoms. The van der Waals surface area contributed by atoms with Crippen molar-refractivity contribution in [3.8, 4) is 0 Å². The molecule has 0 amide bonds. The van der Waals surface area contributed by atoms with Gasteiger partial charge in [0.2, 0.25) is 0 Å². The van der Waals surface area contributed by atoms with E-state index >= 15 is 0 Å². The molecule has 2 aliphatic rings. The monoisotopic (exact) mass is 414 g/mol. The molecule has 0 spiro atoms. The summed E-state index contributed by atoms with van der Waals surface area (Å²) in [5, 5.41) is 0. The Morgan fingerprint density at radius 2 is 1.42 bits per heavy atom. The first-order chi connectivity index (χ1) is 12.7. The maximum atomic E-state index is 3.12. The third kappa shape index (κ3) is 7.18. The Hall–Kier alpha value is -1.85. The fraction of sp³-hybridized carbons (Fsp3) is 0.160. The van der Waals surface area contributed by atoms with Gasteiger partial charge in [0.25, 0.3) is 0 Å². The van der Waals surface area contributed by atoms with Crippen molar-refractivity contribution >= 4 is 3.21 Å². The van der Waals surface area contributed by atoms with E-state index in [0.29, 0.717) is 0 Å². The summed E-state index contributed by atoms with van der Waals surface area (Å²) < 4.78 is 1.42. The number of allylic oxidation sites excluding steroid dienone is 8. The van der Waals surface area contributed by atoms with Crippen molar-refractivity contribution in [1.82, 2.24) is 0 Å². The van der Waals surface area contributed by atoms with Crippen molar-refractivity contribution in [2.45, 2.75) is 26.7 Å². The molecule has 2 aromatic carbocycles. The minimum atomic E-state index is 1.01. The van der Waals surface area contributed by atoms with E-state index in [-0.39, 0.29) is 0 Å². The molecule has 0 unspecified atom stereocenters. The molecule has 0 aliphatic heterocycles. The Balaban J connectivity index is 0.000000167. The molecule has 2 aliphatic carbocycles. The first kappa shape index (κ1) is 20.5. The zero-order valence-electron chi connectivity index (χ0n) is 15.5. The predicted molar refractivity (Wildman–Crippen MR) is 108 cm³/mol. The van der Waals surface area contributed by atoms with Crippen molar-refractivity contribution in [1.29, 1.82) is 0 Å². The van der Waals surface area contributed by atoms with E-state index in [1.165, 1.54) is 49.7 Å². The van der Waals surface area contributed by atoms with Gasteiger partial charge in [-0.15, -0.1) is 19.8 Å². The van der Waals surface area contributed by atoms with Gasteiger partial charge in [-0.25, -0.2) is 23.8 Å². The quantitative estimate of drug-likeness (QED) is 0.513. The fourth-order valence-corrected chi connectivity index (χ4v) is 3.16. The van der Waals surface area contributed by atoms with Crippen LogP contribution < -0.4 is 0 Å². The molecule has 0 saturated carbocycles. The van der Waals surface area contributed by atoms with E-state index in [0.717, 1.165) is 12.8 Å². The zero-order chi connectivity index (χ0) is 18.6. The van der Waals surface area contributed by atoms with E-state index in [2.05, 4.69) is 98.8 Å². The second kappa shape index (κ2) is 11.7. The van der Waals surface area contributed by atoms with Gasteiger partial charge in [0.1, 0.15) is 0 Å². The Bertz CT molecular complexity index is 754. The summed E-state index contributed by atoms with van der Waals surface area (Å²) >= 11 is 1.46. The third-order valence-corrected chi connectivity index (χ3v) is 5.49. The van der Waals surface area contributed by atoms with Gasteiger partial charge in [-0.2, -0.15) is 11.6 Å². The van der Waals surface area contributed by atoms with E-state index in [1.807, 2.05) is 12.2 Å². The summed E-state index contributed by atoms with van der Waals surface area (Å²) in [4.78, 5) is 0. The number of hydrogen-bond donors (Lipinski definition) is 0. The Morgan fingerprint density at radius 1 is 0.846 bits per heavy atom. The van der Waals surface area contributed by atoms with Gasteiger partial charge in [-0.05, 0) is 0 Å². The van der Waals surface area contributed by atoms with Crippen LogP contribution in [-0.4, -0.2) is 3.21 Å². The summed E-state index contributed by atoms with van der Waals surface area (Å²) in [5.74, 6) is 0. The van der Waals surface area contributed by atoms with Crippen LogP contribution in [0.1, 0.15) is 37.8 Å². The van der Waals surface area contributed by atoms with Crippen molar-refractivity contribution in [2.75, 3.05) is 0 Å². The Morgan fingerprint density at radius 3 is 1.69 bits per heavy atom. The zero-order valence-corrected chi connectivity index (χ0v) is 18.0.